The van der Waals surface area contributed by atoms with Crippen LogP contribution in [0.15, 0.2) is 60.9 Å². The number of hydrogen-bond acceptors (Lipinski definition) is 2. The van der Waals surface area contributed by atoms with Gasteiger partial charge in [-0.3, -0.25) is 4.79 Å². The minimum absolute atomic E-state index is 0.0453. The molecule has 1 saturated carbocycles. The smallest absolute Gasteiger partial charge is 0.240 e. The molecule has 1 aromatic heterocycles. The van der Waals surface area contributed by atoms with Crippen molar-refractivity contribution in [3.63, 3.8) is 0 Å². The maximum absolute atomic E-state index is 12.7. The van der Waals surface area contributed by atoms with Crippen LogP contribution in [0.25, 0.3) is 11.0 Å². The number of hydrogen-bond donors (Lipinski definition) is 1. The summed E-state index contributed by atoms with van der Waals surface area (Å²) < 4.78 is 1.91. The third-order valence-corrected chi connectivity index (χ3v) is 5.00. The van der Waals surface area contributed by atoms with Gasteiger partial charge in [0, 0.05) is 0 Å². The van der Waals surface area contributed by atoms with Gasteiger partial charge in [-0.05, 0) is 30.5 Å². The predicted octanol–water partition coefficient (Wildman–Crippen LogP) is 3.62. The van der Waals surface area contributed by atoms with Crippen LogP contribution < -0.4 is 5.32 Å². The second kappa shape index (κ2) is 6.11. The van der Waals surface area contributed by atoms with Crippen molar-refractivity contribution in [3.05, 3.63) is 66.5 Å². The molecule has 2 aromatic carbocycles. The molecule has 1 heterocycles. The average Bonchev–Trinajstić information content (AvgIpc) is 3.24. The van der Waals surface area contributed by atoms with E-state index in [0.717, 1.165) is 36.7 Å². The lowest BCUT2D eigenvalue weighted by molar-refractivity contribution is -0.123. The Kier molecular flexibility index (Phi) is 3.81. The first-order valence-electron chi connectivity index (χ1n) is 8.53. The van der Waals surface area contributed by atoms with Crippen molar-refractivity contribution >= 4 is 16.9 Å². The third kappa shape index (κ3) is 2.68. The molecule has 24 heavy (non-hydrogen) atoms. The van der Waals surface area contributed by atoms with E-state index in [1.165, 1.54) is 5.56 Å². The van der Waals surface area contributed by atoms with Crippen LogP contribution in [0.1, 0.15) is 31.2 Å². The van der Waals surface area contributed by atoms with Crippen molar-refractivity contribution in [1.82, 2.24) is 14.9 Å². The van der Waals surface area contributed by atoms with E-state index in [1.807, 2.05) is 47.0 Å². The molecule has 122 valence electrons. The predicted molar refractivity (Wildman–Crippen MR) is 94.5 cm³/mol. The van der Waals surface area contributed by atoms with Crippen molar-refractivity contribution < 1.29 is 4.79 Å². The highest BCUT2D eigenvalue weighted by Crippen LogP contribution is 2.38. The molecule has 0 atom stereocenters. The van der Waals surface area contributed by atoms with Gasteiger partial charge >= 0.3 is 0 Å². The minimum atomic E-state index is -0.214. The number of rotatable bonds is 4. The third-order valence-electron chi connectivity index (χ3n) is 5.00. The summed E-state index contributed by atoms with van der Waals surface area (Å²) in [4.78, 5) is 17.1. The Balaban J connectivity index is 1.56. The molecule has 4 nitrogen and oxygen atoms in total. The normalized spacial score (nSPS) is 16.3. The van der Waals surface area contributed by atoms with Crippen molar-refractivity contribution in [3.8, 4) is 0 Å². The second-order valence-corrected chi connectivity index (χ2v) is 6.56. The van der Waals surface area contributed by atoms with E-state index in [0.29, 0.717) is 6.54 Å². The number of fused-ring (bicyclic) bond motifs is 1. The number of para-hydroxylation sites is 2. The summed E-state index contributed by atoms with van der Waals surface area (Å²) in [6.07, 6.45) is 6.07. The van der Waals surface area contributed by atoms with Gasteiger partial charge in [-0.25, -0.2) is 4.98 Å². The van der Waals surface area contributed by atoms with E-state index in [9.17, 15) is 4.79 Å². The zero-order valence-electron chi connectivity index (χ0n) is 13.6. The zero-order valence-corrected chi connectivity index (χ0v) is 13.6. The van der Waals surface area contributed by atoms with Gasteiger partial charge in [0.2, 0.25) is 5.91 Å². The Morgan fingerprint density at radius 1 is 1.04 bits per heavy atom. The van der Waals surface area contributed by atoms with E-state index in [1.54, 1.807) is 6.33 Å². The molecule has 1 amide bonds. The first kappa shape index (κ1) is 14.9. The molecule has 1 fully saturated rings. The fourth-order valence-electron chi connectivity index (χ4n) is 3.82. The van der Waals surface area contributed by atoms with Crippen LogP contribution in [0.4, 0.5) is 0 Å². The van der Waals surface area contributed by atoms with Crippen LogP contribution in [-0.4, -0.2) is 15.5 Å². The van der Waals surface area contributed by atoms with Gasteiger partial charge in [-0.1, -0.05) is 55.3 Å². The molecule has 1 aliphatic carbocycles. The summed E-state index contributed by atoms with van der Waals surface area (Å²) >= 11 is 0. The lowest BCUT2D eigenvalue weighted by Gasteiger charge is -2.31. The molecule has 0 spiro atoms. The van der Waals surface area contributed by atoms with Gasteiger partial charge in [-0.15, -0.1) is 0 Å². The van der Waals surface area contributed by atoms with Crippen molar-refractivity contribution in [2.75, 3.05) is 0 Å². The molecular weight excluding hydrogens is 298 g/mol. The number of nitrogens with zero attached hydrogens (tertiary/aromatic N) is 2. The van der Waals surface area contributed by atoms with E-state index in [-0.39, 0.29) is 11.4 Å². The molecule has 1 aliphatic rings. The molecule has 0 aliphatic heterocycles. The van der Waals surface area contributed by atoms with Gasteiger partial charge in [0.25, 0.3) is 0 Å². The molecule has 0 radical (unpaired) electrons. The number of nitrogens with one attached hydrogen (secondary N) is 1. The second-order valence-electron chi connectivity index (χ2n) is 6.56. The highest BCUT2D eigenvalue weighted by molar-refractivity contribution is 5.81. The fraction of sp³-hybridized carbons (Fsp3) is 0.300. The van der Waals surface area contributed by atoms with Crippen molar-refractivity contribution in [1.29, 1.82) is 0 Å². The van der Waals surface area contributed by atoms with E-state index in [4.69, 9.17) is 0 Å². The average molecular weight is 319 g/mol. The first-order chi connectivity index (χ1) is 11.8. The number of benzene rings is 2. The molecule has 0 unspecified atom stereocenters. The van der Waals surface area contributed by atoms with E-state index < -0.39 is 0 Å². The summed E-state index contributed by atoms with van der Waals surface area (Å²) in [5.41, 5.74) is 2.91. The maximum Gasteiger partial charge on any atom is 0.240 e. The molecular formula is C20H21N3O. The van der Waals surface area contributed by atoms with E-state index >= 15 is 0 Å². The molecule has 4 heteroatoms. The lowest BCUT2D eigenvalue weighted by atomic mass is 9.88. The zero-order chi connectivity index (χ0) is 16.4. The highest BCUT2D eigenvalue weighted by atomic mass is 16.2. The monoisotopic (exact) mass is 319 g/mol. The largest absolute Gasteiger partial charge is 0.345 e. The summed E-state index contributed by atoms with van der Waals surface area (Å²) in [7, 11) is 0. The van der Waals surface area contributed by atoms with Gasteiger partial charge < -0.3 is 9.88 Å². The van der Waals surface area contributed by atoms with Gasteiger partial charge in [-0.2, -0.15) is 0 Å². The Morgan fingerprint density at radius 2 is 1.75 bits per heavy atom. The highest BCUT2D eigenvalue weighted by Gasteiger charge is 2.36. The number of carbonyl (C=O) groups excluding carboxylic acids is 1. The number of amides is 1. The van der Waals surface area contributed by atoms with Crippen LogP contribution in [0.2, 0.25) is 0 Å². The molecule has 4 rings (SSSR count). The quantitative estimate of drug-likeness (QED) is 0.798. The summed E-state index contributed by atoms with van der Waals surface area (Å²) in [5.74, 6) is 0.0453. The molecule has 3 aromatic rings. The van der Waals surface area contributed by atoms with Crippen LogP contribution in [0, 0.1) is 0 Å². The summed E-state index contributed by atoms with van der Waals surface area (Å²) in [5, 5.41) is 3.32. The summed E-state index contributed by atoms with van der Waals surface area (Å²) in [6, 6.07) is 18.3. The number of aromatic nitrogens is 2. The first-order valence-corrected chi connectivity index (χ1v) is 8.53. The minimum Gasteiger partial charge on any atom is -0.345 e. The van der Waals surface area contributed by atoms with Gasteiger partial charge in [0.15, 0.2) is 0 Å². The van der Waals surface area contributed by atoms with Crippen LogP contribution >= 0.6 is 0 Å². The summed E-state index contributed by atoms with van der Waals surface area (Å²) in [6.45, 7) is 0.301. The lowest BCUT2D eigenvalue weighted by Crippen LogP contribution is -2.45. The Bertz CT molecular complexity index is 847. The Labute approximate surface area is 141 Å². The fourth-order valence-corrected chi connectivity index (χ4v) is 3.82. The molecule has 0 saturated heterocycles. The van der Waals surface area contributed by atoms with Gasteiger partial charge in [0.05, 0.1) is 22.9 Å². The van der Waals surface area contributed by atoms with Crippen LogP contribution in [-0.2, 0) is 16.9 Å². The molecule has 1 N–H and O–H groups in total. The number of imidazole rings is 1. The Morgan fingerprint density at radius 3 is 2.54 bits per heavy atom. The standard InChI is InChI=1S/C20H21N3O/c24-19(14-23-15-21-17-10-4-5-11-18(17)23)22-20(12-6-7-13-20)16-8-2-1-3-9-16/h1-5,8-11,15H,6-7,12-14H2,(H,22,24). The Hall–Kier alpha value is -2.62. The van der Waals surface area contributed by atoms with Crippen LogP contribution in [0.5, 0.6) is 0 Å². The van der Waals surface area contributed by atoms with Crippen LogP contribution in [0.3, 0.4) is 0 Å². The van der Waals surface area contributed by atoms with Gasteiger partial charge in [0.1, 0.15) is 6.54 Å². The number of carbonyl (C=O) groups is 1. The SMILES string of the molecule is O=C(Cn1cnc2ccccc21)NC1(c2ccccc2)CCCC1. The topological polar surface area (TPSA) is 46.9 Å². The van der Waals surface area contributed by atoms with Crippen molar-refractivity contribution in [2.45, 2.75) is 37.8 Å². The molecule has 0 bridgehead atoms. The van der Waals surface area contributed by atoms with Crippen molar-refractivity contribution in [2.24, 2.45) is 0 Å². The maximum atomic E-state index is 12.7. The van der Waals surface area contributed by atoms with E-state index in [2.05, 4.69) is 22.4 Å².